The molecule has 134 valence electrons. The second-order valence-corrected chi connectivity index (χ2v) is 7.60. The predicted molar refractivity (Wildman–Crippen MR) is 107 cm³/mol. The molecule has 2 aromatic carbocycles. The Kier molecular flexibility index (Phi) is 4.31. The lowest BCUT2D eigenvalue weighted by Gasteiger charge is -2.20. The van der Waals surface area contributed by atoms with E-state index in [0.717, 1.165) is 22.9 Å². The summed E-state index contributed by atoms with van der Waals surface area (Å²) in [5.74, 6) is -0.0402. The van der Waals surface area contributed by atoms with Crippen LogP contribution >= 0.6 is 0 Å². The van der Waals surface area contributed by atoms with Crippen LogP contribution in [0.4, 0.5) is 0 Å². The number of hydrogen-bond acceptors (Lipinski definition) is 1. The number of carbonyl (C=O) groups excluding carboxylic acids is 1. The van der Waals surface area contributed by atoms with Gasteiger partial charge in [-0.25, -0.2) is 0 Å². The maximum atomic E-state index is 12.9. The predicted octanol–water partition coefficient (Wildman–Crippen LogP) is 5.15. The van der Waals surface area contributed by atoms with Crippen LogP contribution in [0.3, 0.4) is 0 Å². The van der Waals surface area contributed by atoms with Crippen LogP contribution < -0.4 is 5.32 Å². The summed E-state index contributed by atoms with van der Waals surface area (Å²) >= 11 is 0. The van der Waals surface area contributed by atoms with Gasteiger partial charge in [-0.15, -0.1) is 0 Å². The molecule has 1 aromatic heterocycles. The topological polar surface area (TPSA) is 44.9 Å². The molecule has 0 saturated carbocycles. The van der Waals surface area contributed by atoms with Crippen molar-refractivity contribution in [3.05, 3.63) is 69.9 Å². The van der Waals surface area contributed by atoms with Crippen molar-refractivity contribution in [1.82, 2.24) is 10.3 Å². The largest absolute Gasteiger partial charge is 0.350 e. The Morgan fingerprint density at radius 2 is 1.81 bits per heavy atom. The van der Waals surface area contributed by atoms with E-state index in [9.17, 15) is 4.79 Å². The van der Waals surface area contributed by atoms with Gasteiger partial charge in [0.25, 0.3) is 5.91 Å². The number of benzene rings is 2. The molecule has 0 saturated heterocycles. The van der Waals surface area contributed by atoms with E-state index in [1.54, 1.807) is 0 Å². The zero-order valence-corrected chi connectivity index (χ0v) is 15.8. The molecule has 4 rings (SSSR count). The highest BCUT2D eigenvalue weighted by Gasteiger charge is 2.18. The number of aromatic nitrogens is 1. The van der Waals surface area contributed by atoms with Crippen molar-refractivity contribution in [2.45, 2.75) is 52.5 Å². The zero-order chi connectivity index (χ0) is 18.3. The van der Waals surface area contributed by atoms with Gasteiger partial charge in [0.15, 0.2) is 0 Å². The van der Waals surface area contributed by atoms with Gasteiger partial charge >= 0.3 is 0 Å². The number of hydrogen-bond donors (Lipinski definition) is 2. The minimum atomic E-state index is -0.0402. The molecule has 1 heterocycles. The van der Waals surface area contributed by atoms with Crippen LogP contribution in [0.15, 0.2) is 36.4 Å². The van der Waals surface area contributed by atoms with E-state index in [-0.39, 0.29) is 11.9 Å². The van der Waals surface area contributed by atoms with Crippen molar-refractivity contribution in [1.29, 1.82) is 0 Å². The third-order valence-electron chi connectivity index (χ3n) is 5.66. The SMILES string of the molecule is Cc1ccc2[nH]c(C(=O)NC(C)c3ccc4c(c3)CCCC4)c(C)c2c1. The first-order valence-electron chi connectivity index (χ1n) is 9.54. The average Bonchev–Trinajstić information content (AvgIpc) is 2.97. The Morgan fingerprint density at radius 3 is 2.62 bits per heavy atom. The van der Waals surface area contributed by atoms with Crippen molar-refractivity contribution in [2.75, 3.05) is 0 Å². The molecular formula is C23H26N2O. The van der Waals surface area contributed by atoms with E-state index in [0.29, 0.717) is 5.69 Å². The lowest BCUT2D eigenvalue weighted by atomic mass is 9.89. The van der Waals surface area contributed by atoms with Crippen LogP contribution in [-0.2, 0) is 12.8 Å². The molecule has 2 N–H and O–H groups in total. The first-order chi connectivity index (χ1) is 12.5. The van der Waals surface area contributed by atoms with Gasteiger partial charge in [-0.05, 0) is 80.8 Å². The highest BCUT2D eigenvalue weighted by molar-refractivity contribution is 6.01. The molecule has 3 heteroatoms. The number of H-pyrrole nitrogens is 1. The number of nitrogens with one attached hydrogen (secondary N) is 2. The molecule has 3 nitrogen and oxygen atoms in total. The van der Waals surface area contributed by atoms with Crippen molar-refractivity contribution in [2.24, 2.45) is 0 Å². The molecular weight excluding hydrogens is 320 g/mol. The van der Waals surface area contributed by atoms with Crippen LogP contribution in [0.5, 0.6) is 0 Å². The summed E-state index contributed by atoms with van der Waals surface area (Å²) in [6.45, 7) is 6.14. The minimum Gasteiger partial charge on any atom is -0.350 e. The molecule has 0 spiro atoms. The minimum absolute atomic E-state index is 0.0118. The Hall–Kier alpha value is -2.55. The highest BCUT2D eigenvalue weighted by Crippen LogP contribution is 2.26. The quantitative estimate of drug-likeness (QED) is 0.676. The van der Waals surface area contributed by atoms with Gasteiger partial charge in [0.05, 0.1) is 6.04 Å². The van der Waals surface area contributed by atoms with Crippen molar-refractivity contribution in [3.63, 3.8) is 0 Å². The molecule has 26 heavy (non-hydrogen) atoms. The molecule has 3 aromatic rings. The van der Waals surface area contributed by atoms with Crippen LogP contribution in [0.2, 0.25) is 0 Å². The van der Waals surface area contributed by atoms with Gasteiger partial charge < -0.3 is 10.3 Å². The number of aromatic amines is 1. The zero-order valence-electron chi connectivity index (χ0n) is 15.8. The second-order valence-electron chi connectivity index (χ2n) is 7.60. The van der Waals surface area contributed by atoms with Crippen LogP contribution in [-0.4, -0.2) is 10.9 Å². The summed E-state index contributed by atoms with van der Waals surface area (Å²) in [5, 5.41) is 4.29. The summed E-state index contributed by atoms with van der Waals surface area (Å²) in [7, 11) is 0. The Balaban J connectivity index is 1.57. The number of aryl methyl sites for hydroxylation is 4. The van der Waals surface area contributed by atoms with Crippen molar-refractivity contribution in [3.8, 4) is 0 Å². The standard InChI is InChI=1S/C23H26N2O/c1-14-8-11-21-20(12-14)15(2)22(25-21)23(26)24-16(3)18-10-9-17-6-4-5-7-19(17)13-18/h8-13,16,25H,4-7H2,1-3H3,(H,24,26). The van der Waals surface area contributed by atoms with Gasteiger partial charge in [0.1, 0.15) is 5.69 Å². The smallest absolute Gasteiger partial charge is 0.268 e. The Bertz CT molecular complexity index is 983. The first kappa shape index (κ1) is 16.9. The summed E-state index contributed by atoms with van der Waals surface area (Å²) in [6.07, 6.45) is 4.90. The second kappa shape index (κ2) is 6.64. The molecule has 1 aliphatic rings. The summed E-state index contributed by atoms with van der Waals surface area (Å²) < 4.78 is 0. The van der Waals surface area contributed by atoms with E-state index in [1.807, 2.05) is 13.0 Å². The number of fused-ring (bicyclic) bond motifs is 2. The molecule has 1 aliphatic carbocycles. The van der Waals surface area contributed by atoms with Crippen molar-refractivity contribution < 1.29 is 4.79 Å². The molecule has 0 aliphatic heterocycles. The van der Waals surface area contributed by atoms with Gasteiger partial charge in [-0.3, -0.25) is 4.79 Å². The van der Waals surface area contributed by atoms with Crippen LogP contribution in [0, 0.1) is 13.8 Å². The summed E-state index contributed by atoms with van der Waals surface area (Å²) in [4.78, 5) is 16.1. The third-order valence-corrected chi connectivity index (χ3v) is 5.66. The van der Waals surface area contributed by atoms with E-state index >= 15 is 0 Å². The summed E-state index contributed by atoms with van der Waals surface area (Å²) in [5.41, 5.74) is 8.00. The maximum absolute atomic E-state index is 12.9. The number of rotatable bonds is 3. The lowest BCUT2D eigenvalue weighted by molar-refractivity contribution is 0.0935. The fraction of sp³-hybridized carbons (Fsp3) is 0.348. The third kappa shape index (κ3) is 3.03. The maximum Gasteiger partial charge on any atom is 0.268 e. The lowest BCUT2D eigenvalue weighted by Crippen LogP contribution is -2.27. The Labute approximate surface area is 154 Å². The normalized spacial score (nSPS) is 14.9. The van der Waals surface area contributed by atoms with Crippen molar-refractivity contribution >= 4 is 16.8 Å². The first-order valence-corrected chi connectivity index (χ1v) is 9.54. The molecule has 0 bridgehead atoms. The average molecular weight is 346 g/mol. The van der Waals surface area contributed by atoms with Gasteiger partial charge in [-0.1, -0.05) is 29.8 Å². The van der Waals surface area contributed by atoms with Crippen LogP contribution in [0.1, 0.15) is 64.1 Å². The number of carbonyl (C=O) groups is 1. The van der Waals surface area contributed by atoms with E-state index < -0.39 is 0 Å². The molecule has 1 amide bonds. The van der Waals surface area contributed by atoms with Gasteiger partial charge in [0, 0.05) is 10.9 Å². The Morgan fingerprint density at radius 1 is 1.04 bits per heavy atom. The molecule has 1 unspecified atom stereocenters. The van der Waals surface area contributed by atoms with Gasteiger partial charge in [0.2, 0.25) is 0 Å². The van der Waals surface area contributed by atoms with E-state index in [2.05, 4.69) is 54.5 Å². The fourth-order valence-corrected chi connectivity index (χ4v) is 4.04. The molecule has 0 radical (unpaired) electrons. The van der Waals surface area contributed by atoms with E-state index in [1.165, 1.54) is 41.5 Å². The van der Waals surface area contributed by atoms with E-state index in [4.69, 9.17) is 0 Å². The number of amides is 1. The fourth-order valence-electron chi connectivity index (χ4n) is 4.04. The monoisotopic (exact) mass is 346 g/mol. The highest BCUT2D eigenvalue weighted by atomic mass is 16.1. The molecule has 0 fully saturated rings. The summed E-state index contributed by atoms with van der Waals surface area (Å²) in [6, 6.07) is 12.9. The molecule has 1 atom stereocenters. The van der Waals surface area contributed by atoms with Crippen LogP contribution in [0.25, 0.3) is 10.9 Å². The van der Waals surface area contributed by atoms with Gasteiger partial charge in [-0.2, -0.15) is 0 Å².